The summed E-state index contributed by atoms with van der Waals surface area (Å²) in [4.78, 5) is 28.4. The largest absolute Gasteiger partial charge is 0.462 e. The molecule has 27 heavy (non-hydrogen) atoms. The molecule has 3 unspecified atom stereocenters. The maximum absolute atomic E-state index is 12.9. The summed E-state index contributed by atoms with van der Waals surface area (Å²) >= 11 is 12.0. The van der Waals surface area contributed by atoms with Crippen molar-refractivity contribution in [3.63, 3.8) is 0 Å². The Bertz CT molecular complexity index is 745. The molecule has 0 saturated heterocycles. The van der Waals surface area contributed by atoms with E-state index in [-0.39, 0.29) is 36.5 Å². The summed E-state index contributed by atoms with van der Waals surface area (Å²) in [6.45, 7) is 3.16. The van der Waals surface area contributed by atoms with E-state index in [1.807, 2.05) is 13.1 Å². The Labute approximate surface area is 169 Å². The Morgan fingerprint density at radius 3 is 2.52 bits per heavy atom. The molecular weight excluding hydrogens is 387 g/mol. The first-order valence-corrected chi connectivity index (χ1v) is 9.86. The van der Waals surface area contributed by atoms with Gasteiger partial charge in [-0.25, -0.2) is 0 Å². The number of nitrogens with zero attached hydrogens (tertiary/aromatic N) is 2. The normalized spacial score (nSPS) is 25.0. The van der Waals surface area contributed by atoms with Gasteiger partial charge in [-0.3, -0.25) is 14.5 Å². The van der Waals surface area contributed by atoms with Crippen molar-refractivity contribution >= 4 is 35.1 Å². The standard InChI is InChI=1S/C20H24Cl2N2O3/c1-13(25)27-15-11-18(19(12-15)24-7-3-4-8-24)23(2)20(26)10-14-5-6-16(21)17(22)9-14/h3-6,9,15,18-19H,7-8,10-12H2,1-2H3. The van der Waals surface area contributed by atoms with Gasteiger partial charge < -0.3 is 9.64 Å². The lowest BCUT2D eigenvalue weighted by Crippen LogP contribution is -2.49. The number of benzene rings is 1. The van der Waals surface area contributed by atoms with E-state index in [4.69, 9.17) is 27.9 Å². The van der Waals surface area contributed by atoms with Crippen LogP contribution in [0.1, 0.15) is 25.3 Å². The Morgan fingerprint density at radius 2 is 1.89 bits per heavy atom. The Balaban J connectivity index is 1.70. The SMILES string of the molecule is CC(=O)OC1CC(N2CC=CC2)C(N(C)C(=O)Cc2ccc(Cl)c(Cl)c2)C1. The first kappa shape index (κ1) is 20.2. The molecule has 0 aromatic heterocycles. The highest BCUT2D eigenvalue weighted by atomic mass is 35.5. The number of carbonyl (C=O) groups is 2. The molecule has 1 aliphatic heterocycles. The Hall–Kier alpha value is -1.56. The zero-order valence-corrected chi connectivity index (χ0v) is 17.0. The highest BCUT2D eigenvalue weighted by molar-refractivity contribution is 6.42. The quantitative estimate of drug-likeness (QED) is 0.551. The van der Waals surface area contributed by atoms with Crippen molar-refractivity contribution in [2.24, 2.45) is 0 Å². The summed E-state index contributed by atoms with van der Waals surface area (Å²) in [7, 11) is 1.83. The summed E-state index contributed by atoms with van der Waals surface area (Å²) < 4.78 is 5.45. The summed E-state index contributed by atoms with van der Waals surface area (Å²) in [5, 5.41) is 0.921. The van der Waals surface area contributed by atoms with Gasteiger partial charge in [0.1, 0.15) is 6.10 Å². The van der Waals surface area contributed by atoms with E-state index in [2.05, 4.69) is 17.1 Å². The van der Waals surface area contributed by atoms with E-state index < -0.39 is 0 Å². The number of amides is 1. The second-order valence-electron chi connectivity index (χ2n) is 7.19. The summed E-state index contributed by atoms with van der Waals surface area (Å²) in [6, 6.07) is 5.43. The van der Waals surface area contributed by atoms with Crippen molar-refractivity contribution < 1.29 is 14.3 Å². The predicted molar refractivity (Wildman–Crippen MR) is 106 cm³/mol. The number of hydrogen-bond donors (Lipinski definition) is 0. The third-order valence-electron chi connectivity index (χ3n) is 5.33. The van der Waals surface area contributed by atoms with Crippen molar-refractivity contribution in [2.45, 2.75) is 44.4 Å². The lowest BCUT2D eigenvalue weighted by Gasteiger charge is -2.34. The number of esters is 1. The van der Waals surface area contributed by atoms with Crippen molar-refractivity contribution in [1.82, 2.24) is 9.80 Å². The number of hydrogen-bond acceptors (Lipinski definition) is 4. The van der Waals surface area contributed by atoms with Gasteiger partial charge in [-0.05, 0) is 17.7 Å². The second-order valence-corrected chi connectivity index (χ2v) is 8.01. The number of likely N-dealkylation sites (N-methyl/N-ethyl adjacent to an activating group) is 1. The predicted octanol–water partition coefficient (Wildman–Crippen LogP) is 3.33. The van der Waals surface area contributed by atoms with E-state index in [0.717, 1.165) is 25.1 Å². The van der Waals surface area contributed by atoms with Gasteiger partial charge in [-0.2, -0.15) is 0 Å². The third-order valence-corrected chi connectivity index (χ3v) is 6.07. The van der Waals surface area contributed by atoms with Gasteiger partial charge >= 0.3 is 5.97 Å². The fraction of sp³-hybridized carbons (Fsp3) is 0.500. The number of ether oxygens (including phenoxy) is 1. The summed E-state index contributed by atoms with van der Waals surface area (Å²) in [6.07, 6.45) is 5.77. The smallest absolute Gasteiger partial charge is 0.302 e. The van der Waals surface area contributed by atoms with Crippen molar-refractivity contribution in [1.29, 1.82) is 0 Å². The molecule has 3 atom stereocenters. The van der Waals surface area contributed by atoms with Gasteiger partial charge in [0.25, 0.3) is 0 Å². The van der Waals surface area contributed by atoms with Gasteiger partial charge in [-0.15, -0.1) is 0 Å². The van der Waals surface area contributed by atoms with E-state index in [9.17, 15) is 9.59 Å². The molecule has 3 rings (SSSR count). The first-order chi connectivity index (χ1) is 12.8. The average Bonchev–Trinajstić information content (AvgIpc) is 3.26. The topological polar surface area (TPSA) is 49.9 Å². The van der Waals surface area contributed by atoms with Crippen molar-refractivity contribution in [3.8, 4) is 0 Å². The molecule has 5 nitrogen and oxygen atoms in total. The van der Waals surface area contributed by atoms with Crippen LogP contribution < -0.4 is 0 Å². The highest BCUT2D eigenvalue weighted by Gasteiger charge is 2.42. The molecule has 1 fully saturated rings. The highest BCUT2D eigenvalue weighted by Crippen LogP contribution is 2.32. The van der Waals surface area contributed by atoms with Crippen LogP contribution in [0.4, 0.5) is 0 Å². The van der Waals surface area contributed by atoms with Gasteiger partial charge in [0.05, 0.1) is 22.5 Å². The Kier molecular flexibility index (Phi) is 6.45. The van der Waals surface area contributed by atoms with E-state index in [0.29, 0.717) is 16.5 Å². The van der Waals surface area contributed by atoms with E-state index in [1.54, 1.807) is 17.0 Å². The summed E-state index contributed by atoms with van der Waals surface area (Å²) in [5.41, 5.74) is 0.829. The number of carbonyl (C=O) groups excluding carboxylic acids is 2. The molecule has 1 saturated carbocycles. The van der Waals surface area contributed by atoms with Crippen LogP contribution in [-0.2, 0) is 20.7 Å². The molecule has 0 bridgehead atoms. The van der Waals surface area contributed by atoms with Crippen LogP contribution in [0.15, 0.2) is 30.4 Å². The number of rotatable bonds is 5. The van der Waals surface area contributed by atoms with Crippen LogP contribution in [0, 0.1) is 0 Å². The summed E-state index contributed by atoms with van der Waals surface area (Å²) in [5.74, 6) is -0.261. The molecule has 7 heteroatoms. The zero-order chi connectivity index (χ0) is 19.6. The molecule has 1 heterocycles. The first-order valence-electron chi connectivity index (χ1n) is 9.11. The van der Waals surface area contributed by atoms with Crippen LogP contribution in [0.25, 0.3) is 0 Å². The third kappa shape index (κ3) is 4.84. The molecule has 0 spiro atoms. The second kappa shape index (κ2) is 8.63. The molecule has 2 aliphatic rings. The molecule has 1 aromatic carbocycles. The minimum atomic E-state index is -0.274. The van der Waals surface area contributed by atoms with Crippen LogP contribution in [0.2, 0.25) is 10.0 Å². The molecule has 146 valence electrons. The zero-order valence-electron chi connectivity index (χ0n) is 15.5. The fourth-order valence-electron chi connectivity index (χ4n) is 3.99. The maximum atomic E-state index is 12.9. The molecule has 0 N–H and O–H groups in total. The molecule has 1 aromatic rings. The maximum Gasteiger partial charge on any atom is 0.302 e. The Morgan fingerprint density at radius 1 is 1.19 bits per heavy atom. The molecule has 0 radical (unpaired) electrons. The van der Waals surface area contributed by atoms with Crippen LogP contribution in [0.3, 0.4) is 0 Å². The lowest BCUT2D eigenvalue weighted by atomic mass is 10.1. The van der Waals surface area contributed by atoms with Crippen LogP contribution in [0.5, 0.6) is 0 Å². The van der Waals surface area contributed by atoms with Crippen LogP contribution in [-0.4, -0.2) is 60.0 Å². The van der Waals surface area contributed by atoms with E-state index in [1.165, 1.54) is 6.92 Å². The molecule has 1 amide bonds. The fourth-order valence-corrected chi connectivity index (χ4v) is 4.31. The molecule has 1 aliphatic carbocycles. The van der Waals surface area contributed by atoms with E-state index >= 15 is 0 Å². The monoisotopic (exact) mass is 410 g/mol. The lowest BCUT2D eigenvalue weighted by molar-refractivity contribution is -0.146. The minimum Gasteiger partial charge on any atom is -0.462 e. The minimum absolute atomic E-state index is 0.00419. The van der Waals surface area contributed by atoms with Crippen LogP contribution >= 0.6 is 23.2 Å². The van der Waals surface area contributed by atoms with Gasteiger partial charge in [0.15, 0.2) is 0 Å². The van der Waals surface area contributed by atoms with Gasteiger partial charge in [0, 0.05) is 45.9 Å². The van der Waals surface area contributed by atoms with Crippen molar-refractivity contribution in [2.75, 3.05) is 20.1 Å². The van der Waals surface area contributed by atoms with Gasteiger partial charge in [-0.1, -0.05) is 41.4 Å². The van der Waals surface area contributed by atoms with Crippen molar-refractivity contribution in [3.05, 3.63) is 46.0 Å². The number of halogens is 2. The molecular formula is C20H24Cl2N2O3. The average molecular weight is 411 g/mol. The van der Waals surface area contributed by atoms with Gasteiger partial charge in [0.2, 0.25) is 5.91 Å².